The second-order valence-corrected chi connectivity index (χ2v) is 4.23. The highest BCUT2D eigenvalue weighted by molar-refractivity contribution is 5.13. The van der Waals surface area contributed by atoms with Crippen LogP contribution in [0.5, 0.6) is 0 Å². The van der Waals surface area contributed by atoms with Gasteiger partial charge in [0.2, 0.25) is 0 Å². The van der Waals surface area contributed by atoms with Crippen LogP contribution in [0.4, 0.5) is 0 Å². The predicted molar refractivity (Wildman–Crippen MR) is 62.3 cm³/mol. The average Bonchev–Trinajstić information content (AvgIpc) is 2.57. The molecule has 0 bridgehead atoms. The van der Waals surface area contributed by atoms with Crippen LogP contribution in [0.3, 0.4) is 0 Å². The van der Waals surface area contributed by atoms with Gasteiger partial charge in [0.1, 0.15) is 0 Å². The lowest BCUT2D eigenvalue weighted by atomic mass is 10.1. The molecular weight excluding hydrogens is 186 g/mol. The van der Waals surface area contributed by atoms with E-state index in [2.05, 4.69) is 29.3 Å². The van der Waals surface area contributed by atoms with Gasteiger partial charge in [0.05, 0.1) is 16.9 Å². The van der Waals surface area contributed by atoms with Crippen LogP contribution in [0.25, 0.3) is 0 Å². The van der Waals surface area contributed by atoms with Crippen LogP contribution >= 0.6 is 0 Å². The maximum Gasteiger partial charge on any atom is 0.0744 e. The molecule has 3 nitrogen and oxygen atoms in total. The molecule has 1 heterocycles. The summed E-state index contributed by atoms with van der Waals surface area (Å²) in [6.45, 7) is 6.83. The maximum atomic E-state index is 5.40. The Kier molecular flexibility index (Phi) is 3.54. The quantitative estimate of drug-likeness (QED) is 0.755. The summed E-state index contributed by atoms with van der Waals surface area (Å²) in [7, 11) is 1.96. The van der Waals surface area contributed by atoms with E-state index in [0.29, 0.717) is 0 Å². The third kappa shape index (κ3) is 3.10. The van der Waals surface area contributed by atoms with Crippen LogP contribution in [-0.2, 0) is 20.0 Å². The van der Waals surface area contributed by atoms with Gasteiger partial charge in [-0.3, -0.25) is 10.00 Å². The van der Waals surface area contributed by atoms with Crippen molar-refractivity contribution in [2.75, 3.05) is 0 Å². The lowest BCUT2D eigenvalue weighted by Gasteiger charge is -2.19. The second-order valence-electron chi connectivity index (χ2n) is 4.23. The van der Waals surface area contributed by atoms with E-state index in [1.165, 1.54) is 0 Å². The molecule has 0 atom stereocenters. The first-order valence-electron chi connectivity index (χ1n) is 5.23. The summed E-state index contributed by atoms with van der Waals surface area (Å²) in [4.78, 5) is 0. The number of nitrogens with one attached hydrogen (secondary N) is 1. The first-order chi connectivity index (χ1) is 6.98. The highest BCUT2D eigenvalue weighted by Gasteiger charge is 2.13. The Morgan fingerprint density at radius 1 is 1.60 bits per heavy atom. The van der Waals surface area contributed by atoms with Crippen LogP contribution in [-0.4, -0.2) is 15.3 Å². The minimum atomic E-state index is -0.267. The van der Waals surface area contributed by atoms with Gasteiger partial charge < -0.3 is 0 Å². The molecule has 0 unspecified atom stereocenters. The standard InChI is InChI=1S/C12H19N3/c1-6-10-8-11(15(5)14-10)9-13-12(3,4)7-2/h2,8,13H,6,9H2,1,3-5H3. The zero-order valence-corrected chi connectivity index (χ0v) is 9.96. The third-order valence-electron chi connectivity index (χ3n) is 2.46. The van der Waals surface area contributed by atoms with E-state index < -0.39 is 0 Å². The smallest absolute Gasteiger partial charge is 0.0744 e. The van der Waals surface area contributed by atoms with Crippen molar-refractivity contribution in [1.82, 2.24) is 15.1 Å². The molecule has 0 saturated heterocycles. The lowest BCUT2D eigenvalue weighted by molar-refractivity contribution is 0.477. The molecule has 0 amide bonds. The molecule has 0 fully saturated rings. The fraction of sp³-hybridized carbons (Fsp3) is 0.583. The van der Waals surface area contributed by atoms with Gasteiger partial charge >= 0.3 is 0 Å². The number of hydrogen-bond acceptors (Lipinski definition) is 2. The van der Waals surface area contributed by atoms with Crippen molar-refractivity contribution in [3.05, 3.63) is 17.5 Å². The van der Waals surface area contributed by atoms with Gasteiger partial charge in [0, 0.05) is 13.6 Å². The first-order valence-corrected chi connectivity index (χ1v) is 5.23. The minimum absolute atomic E-state index is 0.267. The van der Waals surface area contributed by atoms with Crippen LogP contribution in [0.2, 0.25) is 0 Å². The first kappa shape index (κ1) is 11.8. The predicted octanol–water partition coefficient (Wildman–Crippen LogP) is 1.48. The normalized spacial score (nSPS) is 11.4. The van der Waals surface area contributed by atoms with Crippen molar-refractivity contribution >= 4 is 0 Å². The van der Waals surface area contributed by atoms with E-state index in [1.54, 1.807) is 0 Å². The molecular formula is C12H19N3. The fourth-order valence-electron chi connectivity index (χ4n) is 1.27. The number of rotatable bonds is 4. The molecule has 0 radical (unpaired) electrons. The van der Waals surface area contributed by atoms with Gasteiger partial charge in [-0.15, -0.1) is 6.42 Å². The van der Waals surface area contributed by atoms with E-state index >= 15 is 0 Å². The van der Waals surface area contributed by atoms with E-state index in [9.17, 15) is 0 Å². The molecule has 0 aromatic carbocycles. The van der Waals surface area contributed by atoms with Crippen molar-refractivity contribution < 1.29 is 0 Å². The van der Waals surface area contributed by atoms with Gasteiger partial charge in [0.15, 0.2) is 0 Å². The largest absolute Gasteiger partial charge is 0.296 e. The Morgan fingerprint density at radius 2 is 2.27 bits per heavy atom. The van der Waals surface area contributed by atoms with Crippen molar-refractivity contribution in [2.24, 2.45) is 7.05 Å². The van der Waals surface area contributed by atoms with E-state index in [1.807, 2.05) is 25.6 Å². The van der Waals surface area contributed by atoms with Crippen LogP contribution in [0.1, 0.15) is 32.2 Å². The number of nitrogens with zero attached hydrogens (tertiary/aromatic N) is 2. The van der Waals surface area contributed by atoms with Gasteiger partial charge in [-0.05, 0) is 26.3 Å². The number of aryl methyl sites for hydroxylation is 2. The Bertz CT molecular complexity index is 369. The number of aromatic nitrogens is 2. The Morgan fingerprint density at radius 3 is 2.73 bits per heavy atom. The molecule has 15 heavy (non-hydrogen) atoms. The topological polar surface area (TPSA) is 29.9 Å². The molecule has 1 aromatic rings. The molecule has 0 saturated carbocycles. The summed E-state index contributed by atoms with van der Waals surface area (Å²) in [6, 6.07) is 2.11. The number of terminal acetylenes is 1. The van der Waals surface area contributed by atoms with Gasteiger partial charge in [-0.2, -0.15) is 5.10 Å². The molecule has 1 rings (SSSR count). The minimum Gasteiger partial charge on any atom is -0.296 e. The van der Waals surface area contributed by atoms with Crippen LogP contribution < -0.4 is 5.32 Å². The maximum absolute atomic E-state index is 5.40. The van der Waals surface area contributed by atoms with Gasteiger partial charge in [0.25, 0.3) is 0 Å². The highest BCUT2D eigenvalue weighted by atomic mass is 15.3. The Hall–Kier alpha value is -1.27. The summed E-state index contributed by atoms with van der Waals surface area (Å²) in [5, 5.41) is 7.69. The summed E-state index contributed by atoms with van der Waals surface area (Å²) < 4.78 is 1.90. The Labute approximate surface area is 91.9 Å². The van der Waals surface area contributed by atoms with E-state index in [-0.39, 0.29) is 5.54 Å². The summed E-state index contributed by atoms with van der Waals surface area (Å²) >= 11 is 0. The van der Waals surface area contributed by atoms with Gasteiger partial charge in [-0.1, -0.05) is 12.8 Å². The van der Waals surface area contributed by atoms with E-state index in [4.69, 9.17) is 6.42 Å². The molecule has 1 aromatic heterocycles. The molecule has 0 aliphatic rings. The highest BCUT2D eigenvalue weighted by Crippen LogP contribution is 2.06. The third-order valence-corrected chi connectivity index (χ3v) is 2.46. The monoisotopic (exact) mass is 205 g/mol. The fourth-order valence-corrected chi connectivity index (χ4v) is 1.27. The summed E-state index contributed by atoms with van der Waals surface area (Å²) in [5.74, 6) is 2.71. The lowest BCUT2D eigenvalue weighted by Crippen LogP contribution is -2.37. The summed E-state index contributed by atoms with van der Waals surface area (Å²) in [5.41, 5.74) is 2.01. The van der Waals surface area contributed by atoms with Crippen LogP contribution in [0.15, 0.2) is 6.07 Å². The molecule has 0 aliphatic carbocycles. The van der Waals surface area contributed by atoms with Crippen molar-refractivity contribution in [3.8, 4) is 12.3 Å². The zero-order chi connectivity index (χ0) is 11.5. The van der Waals surface area contributed by atoms with Gasteiger partial charge in [-0.25, -0.2) is 0 Å². The molecule has 0 spiro atoms. The van der Waals surface area contributed by atoms with Crippen LogP contribution in [0, 0.1) is 12.3 Å². The Balaban J connectivity index is 2.66. The summed E-state index contributed by atoms with van der Waals surface area (Å²) in [6.07, 6.45) is 6.37. The van der Waals surface area contributed by atoms with E-state index in [0.717, 1.165) is 24.4 Å². The molecule has 82 valence electrons. The molecule has 1 N–H and O–H groups in total. The molecule has 0 aliphatic heterocycles. The SMILES string of the molecule is C#CC(C)(C)NCc1cc(CC)nn1C. The van der Waals surface area contributed by atoms with Crippen molar-refractivity contribution in [2.45, 2.75) is 39.3 Å². The second kappa shape index (κ2) is 4.50. The number of hydrogen-bond donors (Lipinski definition) is 1. The molecule has 3 heteroatoms. The zero-order valence-electron chi connectivity index (χ0n) is 9.96. The van der Waals surface area contributed by atoms with Crippen molar-refractivity contribution in [3.63, 3.8) is 0 Å². The van der Waals surface area contributed by atoms with Crippen molar-refractivity contribution in [1.29, 1.82) is 0 Å². The average molecular weight is 205 g/mol.